The molecule has 1 aliphatic rings. The lowest BCUT2D eigenvalue weighted by Crippen LogP contribution is -2.41. The highest BCUT2D eigenvalue weighted by molar-refractivity contribution is 7.89. The molecule has 1 heterocycles. The fourth-order valence-electron chi connectivity index (χ4n) is 3.49. The van der Waals surface area contributed by atoms with Crippen molar-refractivity contribution in [3.8, 4) is 0 Å². The molecule has 2 aromatic carbocycles. The zero-order chi connectivity index (χ0) is 23.5. The third kappa shape index (κ3) is 5.68. The van der Waals surface area contributed by atoms with Crippen LogP contribution in [0.15, 0.2) is 47.4 Å². The van der Waals surface area contributed by atoms with Gasteiger partial charge >= 0.3 is 5.97 Å². The molecule has 7 nitrogen and oxygen atoms in total. The Morgan fingerprint density at radius 1 is 1.09 bits per heavy atom. The molecule has 0 spiro atoms. The van der Waals surface area contributed by atoms with Crippen LogP contribution in [0, 0.1) is 19.8 Å². The summed E-state index contributed by atoms with van der Waals surface area (Å²) < 4.78 is 32.6. The van der Waals surface area contributed by atoms with E-state index in [0.717, 1.165) is 11.1 Å². The van der Waals surface area contributed by atoms with Crippen LogP contribution in [0.3, 0.4) is 0 Å². The number of amides is 1. The molecule has 1 aliphatic heterocycles. The van der Waals surface area contributed by atoms with Crippen LogP contribution < -0.4 is 5.32 Å². The number of aryl methyl sites for hydroxylation is 2. The molecule has 0 bridgehead atoms. The van der Waals surface area contributed by atoms with Crippen LogP contribution >= 0.6 is 11.6 Å². The number of halogens is 1. The number of nitrogens with one attached hydrogen (secondary N) is 1. The van der Waals surface area contributed by atoms with Gasteiger partial charge in [0.1, 0.15) is 0 Å². The SMILES string of the molecule is Cc1ccc(S(=O)(=O)N2CCC(C(=O)OC(C)C(=O)Nc3cccc(Cl)c3)CC2)cc1C. The molecule has 3 rings (SSSR count). The largest absolute Gasteiger partial charge is 0.452 e. The lowest BCUT2D eigenvalue weighted by molar-refractivity contribution is -0.158. The van der Waals surface area contributed by atoms with Crippen molar-refractivity contribution in [3.05, 3.63) is 58.6 Å². The second kappa shape index (κ2) is 10.0. The van der Waals surface area contributed by atoms with E-state index in [-0.39, 0.29) is 18.0 Å². The first-order valence-corrected chi connectivity index (χ1v) is 12.2. The molecule has 1 N–H and O–H groups in total. The molecule has 0 aliphatic carbocycles. The minimum Gasteiger partial charge on any atom is -0.452 e. The number of nitrogens with zero attached hydrogens (tertiary/aromatic N) is 1. The van der Waals surface area contributed by atoms with E-state index in [2.05, 4.69) is 5.32 Å². The van der Waals surface area contributed by atoms with Gasteiger partial charge in [0.2, 0.25) is 10.0 Å². The van der Waals surface area contributed by atoms with Gasteiger partial charge in [-0.05, 0) is 75.1 Å². The quantitative estimate of drug-likeness (QED) is 0.635. The Labute approximate surface area is 193 Å². The van der Waals surface area contributed by atoms with Crippen LogP contribution in [0.25, 0.3) is 0 Å². The van der Waals surface area contributed by atoms with Gasteiger partial charge in [-0.1, -0.05) is 23.7 Å². The highest BCUT2D eigenvalue weighted by atomic mass is 35.5. The Bertz CT molecular complexity index is 1110. The first-order valence-electron chi connectivity index (χ1n) is 10.4. The Kier molecular flexibility index (Phi) is 7.59. The summed E-state index contributed by atoms with van der Waals surface area (Å²) in [5.74, 6) is -1.42. The maximum Gasteiger partial charge on any atom is 0.309 e. The van der Waals surface area contributed by atoms with Crippen molar-refractivity contribution in [3.63, 3.8) is 0 Å². The normalized spacial score (nSPS) is 16.4. The summed E-state index contributed by atoms with van der Waals surface area (Å²) in [5, 5.41) is 3.14. The first kappa shape index (κ1) is 24.2. The molecule has 0 saturated carbocycles. The predicted octanol–water partition coefficient (Wildman–Crippen LogP) is 3.93. The molecule has 2 aromatic rings. The maximum absolute atomic E-state index is 12.9. The molecule has 172 valence electrons. The Hall–Kier alpha value is -2.42. The monoisotopic (exact) mass is 478 g/mol. The summed E-state index contributed by atoms with van der Waals surface area (Å²) >= 11 is 5.91. The van der Waals surface area contributed by atoms with Crippen molar-refractivity contribution in [2.24, 2.45) is 5.92 Å². The highest BCUT2D eigenvalue weighted by Crippen LogP contribution is 2.26. The number of esters is 1. The first-order chi connectivity index (χ1) is 15.1. The van der Waals surface area contributed by atoms with Crippen LogP contribution in [0.1, 0.15) is 30.9 Å². The van der Waals surface area contributed by atoms with E-state index < -0.39 is 33.9 Å². The van der Waals surface area contributed by atoms with Crippen LogP contribution in [-0.4, -0.2) is 43.8 Å². The predicted molar refractivity (Wildman–Crippen MR) is 123 cm³/mol. The van der Waals surface area contributed by atoms with Crippen molar-refractivity contribution in [1.82, 2.24) is 4.31 Å². The fourth-order valence-corrected chi connectivity index (χ4v) is 5.24. The number of rotatable bonds is 6. The number of anilines is 1. The lowest BCUT2D eigenvalue weighted by atomic mass is 9.98. The van der Waals surface area contributed by atoms with Gasteiger partial charge in [0.15, 0.2) is 6.10 Å². The van der Waals surface area contributed by atoms with E-state index in [1.807, 2.05) is 13.8 Å². The third-order valence-corrected chi connectivity index (χ3v) is 7.79. The van der Waals surface area contributed by atoms with Crippen LogP contribution in [-0.2, 0) is 24.3 Å². The summed E-state index contributed by atoms with van der Waals surface area (Å²) in [6.45, 7) is 5.74. The van der Waals surface area contributed by atoms with Crippen molar-refractivity contribution in [2.75, 3.05) is 18.4 Å². The number of carbonyl (C=O) groups is 2. The summed E-state index contributed by atoms with van der Waals surface area (Å²) in [6, 6.07) is 11.7. The van der Waals surface area contributed by atoms with E-state index in [9.17, 15) is 18.0 Å². The summed E-state index contributed by atoms with van der Waals surface area (Å²) in [4.78, 5) is 25.1. The molecular weight excluding hydrogens is 452 g/mol. The van der Waals surface area contributed by atoms with Gasteiger partial charge in [0.25, 0.3) is 5.91 Å². The Morgan fingerprint density at radius 3 is 2.41 bits per heavy atom. The minimum atomic E-state index is -3.62. The molecular formula is C23H27ClN2O5S. The zero-order valence-corrected chi connectivity index (χ0v) is 19.9. The van der Waals surface area contributed by atoms with E-state index >= 15 is 0 Å². The molecule has 1 fully saturated rings. The summed E-state index contributed by atoms with van der Waals surface area (Å²) in [6.07, 6.45) is -0.310. The van der Waals surface area contributed by atoms with Crippen molar-refractivity contribution >= 4 is 39.2 Å². The smallest absolute Gasteiger partial charge is 0.309 e. The number of hydrogen-bond donors (Lipinski definition) is 1. The van der Waals surface area contributed by atoms with Crippen molar-refractivity contribution in [1.29, 1.82) is 0 Å². The minimum absolute atomic E-state index is 0.220. The van der Waals surface area contributed by atoms with Crippen molar-refractivity contribution in [2.45, 2.75) is 44.6 Å². The van der Waals surface area contributed by atoms with Gasteiger partial charge in [0.05, 0.1) is 10.8 Å². The Morgan fingerprint density at radius 2 is 1.78 bits per heavy atom. The second-order valence-corrected chi connectivity index (χ2v) is 10.4. The molecule has 32 heavy (non-hydrogen) atoms. The van der Waals surface area contributed by atoms with Crippen LogP contribution in [0.2, 0.25) is 5.02 Å². The summed E-state index contributed by atoms with van der Waals surface area (Å²) in [5.41, 5.74) is 2.45. The molecule has 0 radical (unpaired) electrons. The van der Waals surface area contributed by atoms with E-state index in [1.165, 1.54) is 11.2 Å². The number of piperidine rings is 1. The molecule has 1 amide bonds. The molecule has 0 aromatic heterocycles. The van der Waals surface area contributed by atoms with Gasteiger partial charge in [-0.3, -0.25) is 9.59 Å². The number of sulfonamides is 1. The summed E-state index contributed by atoms with van der Waals surface area (Å²) in [7, 11) is -3.62. The number of ether oxygens (including phenoxy) is 1. The van der Waals surface area contributed by atoms with E-state index in [0.29, 0.717) is 23.6 Å². The third-order valence-electron chi connectivity index (χ3n) is 5.66. The average Bonchev–Trinajstić information content (AvgIpc) is 2.75. The van der Waals surface area contributed by atoms with Gasteiger partial charge in [0, 0.05) is 23.8 Å². The van der Waals surface area contributed by atoms with Gasteiger partial charge in [-0.25, -0.2) is 8.42 Å². The molecule has 1 unspecified atom stereocenters. The fraction of sp³-hybridized carbons (Fsp3) is 0.391. The number of benzene rings is 2. The molecule has 9 heteroatoms. The van der Waals surface area contributed by atoms with Crippen molar-refractivity contribution < 1.29 is 22.7 Å². The molecule has 1 atom stereocenters. The van der Waals surface area contributed by atoms with Crippen LogP contribution in [0.5, 0.6) is 0 Å². The lowest BCUT2D eigenvalue weighted by Gasteiger charge is -2.30. The maximum atomic E-state index is 12.9. The average molecular weight is 479 g/mol. The number of carbonyl (C=O) groups excluding carboxylic acids is 2. The number of hydrogen-bond acceptors (Lipinski definition) is 5. The van der Waals surface area contributed by atoms with E-state index in [4.69, 9.17) is 16.3 Å². The Balaban J connectivity index is 1.54. The molecule has 1 saturated heterocycles. The highest BCUT2D eigenvalue weighted by Gasteiger charge is 2.34. The standard InChI is InChI=1S/C23H27ClN2O5S/c1-15-7-8-21(13-16(15)2)32(29,30)26-11-9-18(10-12-26)23(28)31-17(3)22(27)25-20-6-4-5-19(24)14-20/h4-8,13-14,17-18H,9-12H2,1-3H3,(H,25,27). The second-order valence-electron chi connectivity index (χ2n) is 8.00. The van der Waals surface area contributed by atoms with Gasteiger partial charge < -0.3 is 10.1 Å². The van der Waals surface area contributed by atoms with E-state index in [1.54, 1.807) is 42.5 Å². The topological polar surface area (TPSA) is 92.8 Å². The zero-order valence-electron chi connectivity index (χ0n) is 18.3. The van der Waals surface area contributed by atoms with Crippen LogP contribution in [0.4, 0.5) is 5.69 Å². The van der Waals surface area contributed by atoms with Gasteiger partial charge in [-0.15, -0.1) is 0 Å². The van der Waals surface area contributed by atoms with Gasteiger partial charge in [-0.2, -0.15) is 4.31 Å².